The molecule has 7 heteroatoms. The van der Waals surface area contributed by atoms with E-state index in [9.17, 15) is 0 Å². The first kappa shape index (κ1) is 19.3. The van der Waals surface area contributed by atoms with Gasteiger partial charge in [0.25, 0.3) is 0 Å². The van der Waals surface area contributed by atoms with Crippen molar-refractivity contribution in [1.29, 1.82) is 0 Å². The predicted octanol–water partition coefficient (Wildman–Crippen LogP) is 5.49. The minimum atomic E-state index is 0.438. The average molecular weight is 399 g/mol. The van der Waals surface area contributed by atoms with Crippen molar-refractivity contribution in [2.24, 2.45) is 11.8 Å². The van der Waals surface area contributed by atoms with E-state index in [0.29, 0.717) is 6.04 Å². The molecule has 3 N–H and O–H groups in total. The molecule has 4 rings (SSSR count). The van der Waals surface area contributed by atoms with E-state index in [0.717, 1.165) is 52.1 Å². The number of thioether (sulfide) groups is 1. The molecule has 2 aromatic heterocycles. The molecule has 1 fully saturated rings. The minimum Gasteiger partial charge on any atom is -0.351 e. The number of H-pyrrole nitrogens is 1. The van der Waals surface area contributed by atoms with Gasteiger partial charge in [-0.05, 0) is 43.1 Å². The zero-order valence-corrected chi connectivity index (χ0v) is 17.8. The zero-order valence-electron chi connectivity index (χ0n) is 17.0. The van der Waals surface area contributed by atoms with E-state index in [-0.39, 0.29) is 0 Å². The van der Waals surface area contributed by atoms with Gasteiger partial charge < -0.3 is 10.6 Å². The third-order valence-corrected chi connectivity index (χ3v) is 6.58. The van der Waals surface area contributed by atoms with Crippen LogP contribution in [0, 0.1) is 18.8 Å². The van der Waals surface area contributed by atoms with Crippen LogP contribution in [0.1, 0.15) is 62.9 Å². The molecule has 6 nitrogen and oxygen atoms in total. The van der Waals surface area contributed by atoms with E-state index in [1.807, 2.05) is 13.0 Å². The second-order valence-electron chi connectivity index (χ2n) is 8.20. The largest absolute Gasteiger partial charge is 0.351 e. The first-order valence-corrected chi connectivity index (χ1v) is 11.4. The SMILES string of the molecule is CCC1CCC(C)CC(Nc2nc3c(c(Nc4cc(C)[nH]n4)n2)C=CSC3)C1. The number of aromatic nitrogens is 4. The lowest BCUT2D eigenvalue weighted by atomic mass is 9.95. The van der Waals surface area contributed by atoms with Gasteiger partial charge in [0.1, 0.15) is 5.82 Å². The molecule has 0 saturated heterocycles. The van der Waals surface area contributed by atoms with Crippen LogP contribution in [0.2, 0.25) is 0 Å². The summed E-state index contributed by atoms with van der Waals surface area (Å²) in [5.74, 6) is 4.75. The Morgan fingerprint density at radius 2 is 2.14 bits per heavy atom. The van der Waals surface area contributed by atoms with E-state index in [1.54, 1.807) is 11.8 Å². The summed E-state index contributed by atoms with van der Waals surface area (Å²) >= 11 is 1.77. The number of hydrogen-bond acceptors (Lipinski definition) is 6. The molecule has 1 saturated carbocycles. The standard InChI is InChI=1S/C21H30N6S/c1-4-15-6-5-13(2)9-16(11-15)22-21-23-18-12-28-8-7-17(18)20(25-21)24-19-10-14(3)26-27-19/h7-8,10,13,15-16H,4-6,9,11-12H2,1-3H3,(H3,22,23,24,25,26,27). The summed E-state index contributed by atoms with van der Waals surface area (Å²) in [4.78, 5) is 9.70. The number of aromatic amines is 1. The zero-order chi connectivity index (χ0) is 19.5. The van der Waals surface area contributed by atoms with Gasteiger partial charge in [-0.2, -0.15) is 10.1 Å². The van der Waals surface area contributed by atoms with Crippen LogP contribution in [0.4, 0.5) is 17.6 Å². The van der Waals surface area contributed by atoms with Crippen molar-refractivity contribution >= 4 is 35.4 Å². The highest BCUT2D eigenvalue weighted by Crippen LogP contribution is 2.33. The molecule has 28 heavy (non-hydrogen) atoms. The number of fused-ring (bicyclic) bond motifs is 1. The lowest BCUT2D eigenvalue weighted by Gasteiger charge is -2.23. The van der Waals surface area contributed by atoms with Gasteiger partial charge >= 0.3 is 0 Å². The lowest BCUT2D eigenvalue weighted by Crippen LogP contribution is -2.24. The summed E-state index contributed by atoms with van der Waals surface area (Å²) in [5, 5.41) is 16.4. The Kier molecular flexibility index (Phi) is 5.90. The predicted molar refractivity (Wildman–Crippen MR) is 118 cm³/mol. The highest BCUT2D eigenvalue weighted by Gasteiger charge is 2.24. The first-order chi connectivity index (χ1) is 13.6. The van der Waals surface area contributed by atoms with Gasteiger partial charge in [0.05, 0.1) is 5.69 Å². The van der Waals surface area contributed by atoms with Crippen molar-refractivity contribution < 1.29 is 0 Å². The van der Waals surface area contributed by atoms with Crippen molar-refractivity contribution in [2.45, 2.75) is 64.7 Å². The molecule has 3 heterocycles. The van der Waals surface area contributed by atoms with Gasteiger partial charge in [-0.3, -0.25) is 5.10 Å². The number of aryl methyl sites for hydroxylation is 1. The molecule has 0 aromatic carbocycles. The van der Waals surface area contributed by atoms with E-state index in [2.05, 4.69) is 46.2 Å². The quantitative estimate of drug-likeness (QED) is 0.578. The Hall–Kier alpha value is -2.02. The fourth-order valence-electron chi connectivity index (χ4n) is 4.22. The van der Waals surface area contributed by atoms with Crippen molar-refractivity contribution in [3.8, 4) is 0 Å². The minimum absolute atomic E-state index is 0.438. The molecule has 3 unspecified atom stereocenters. The third kappa shape index (κ3) is 4.51. The topological polar surface area (TPSA) is 78.5 Å². The fourth-order valence-corrected chi connectivity index (χ4v) is 4.93. The van der Waals surface area contributed by atoms with Crippen LogP contribution in [0.5, 0.6) is 0 Å². The fraction of sp³-hybridized carbons (Fsp3) is 0.571. The molecule has 1 aliphatic heterocycles. The summed E-state index contributed by atoms with van der Waals surface area (Å²) in [6, 6.07) is 2.43. The van der Waals surface area contributed by atoms with Crippen molar-refractivity contribution in [3.05, 3.63) is 28.4 Å². The van der Waals surface area contributed by atoms with Gasteiger partial charge in [0.15, 0.2) is 5.82 Å². The van der Waals surface area contributed by atoms with Crippen LogP contribution >= 0.6 is 11.8 Å². The maximum atomic E-state index is 4.86. The van der Waals surface area contributed by atoms with E-state index < -0.39 is 0 Å². The van der Waals surface area contributed by atoms with Gasteiger partial charge in [-0.25, -0.2) is 4.98 Å². The van der Waals surface area contributed by atoms with Crippen LogP contribution in [-0.2, 0) is 5.75 Å². The second kappa shape index (κ2) is 8.55. The van der Waals surface area contributed by atoms with Gasteiger partial charge in [-0.1, -0.05) is 33.1 Å². The molecule has 0 amide bonds. The Labute approximate surface area is 171 Å². The second-order valence-corrected chi connectivity index (χ2v) is 9.09. The monoisotopic (exact) mass is 398 g/mol. The number of hydrogen-bond donors (Lipinski definition) is 3. The Morgan fingerprint density at radius 3 is 2.93 bits per heavy atom. The maximum Gasteiger partial charge on any atom is 0.225 e. The molecule has 1 aliphatic carbocycles. The highest BCUT2D eigenvalue weighted by molar-refractivity contribution is 8.01. The molecule has 0 radical (unpaired) electrons. The molecule has 150 valence electrons. The van der Waals surface area contributed by atoms with E-state index in [1.165, 1.54) is 32.1 Å². The Balaban J connectivity index is 1.60. The van der Waals surface area contributed by atoms with Crippen LogP contribution < -0.4 is 10.6 Å². The summed E-state index contributed by atoms with van der Waals surface area (Å²) in [7, 11) is 0. The van der Waals surface area contributed by atoms with Gasteiger partial charge in [0.2, 0.25) is 5.95 Å². The molecule has 2 aromatic rings. The molecular weight excluding hydrogens is 368 g/mol. The normalized spacial score (nSPS) is 24.5. The van der Waals surface area contributed by atoms with Crippen LogP contribution in [0.25, 0.3) is 6.08 Å². The van der Waals surface area contributed by atoms with Gasteiger partial charge in [-0.15, -0.1) is 11.8 Å². The summed E-state index contributed by atoms with van der Waals surface area (Å²) in [5.41, 5.74) is 3.16. The molecule has 0 spiro atoms. The Morgan fingerprint density at radius 1 is 1.25 bits per heavy atom. The molecule has 0 bridgehead atoms. The van der Waals surface area contributed by atoms with E-state index in [4.69, 9.17) is 9.97 Å². The third-order valence-electron chi connectivity index (χ3n) is 5.81. The van der Waals surface area contributed by atoms with Crippen molar-refractivity contribution in [1.82, 2.24) is 20.2 Å². The first-order valence-electron chi connectivity index (χ1n) is 10.3. The van der Waals surface area contributed by atoms with Crippen LogP contribution in [-0.4, -0.2) is 26.2 Å². The summed E-state index contributed by atoms with van der Waals surface area (Å²) < 4.78 is 0. The Bertz CT molecular complexity index is 845. The highest BCUT2D eigenvalue weighted by atomic mass is 32.2. The number of nitrogens with zero attached hydrogens (tertiary/aromatic N) is 3. The molecule has 3 atom stereocenters. The molecular formula is C21H30N6S. The van der Waals surface area contributed by atoms with Crippen molar-refractivity contribution in [2.75, 3.05) is 10.6 Å². The number of nitrogens with one attached hydrogen (secondary N) is 3. The van der Waals surface area contributed by atoms with Crippen LogP contribution in [0.3, 0.4) is 0 Å². The lowest BCUT2D eigenvalue weighted by molar-refractivity contribution is 0.427. The smallest absolute Gasteiger partial charge is 0.225 e. The van der Waals surface area contributed by atoms with Crippen molar-refractivity contribution in [3.63, 3.8) is 0 Å². The number of anilines is 3. The summed E-state index contributed by atoms with van der Waals surface area (Å²) in [6.45, 7) is 6.67. The maximum absolute atomic E-state index is 4.86. The average Bonchev–Trinajstić information content (AvgIpc) is 3.00. The van der Waals surface area contributed by atoms with E-state index >= 15 is 0 Å². The van der Waals surface area contributed by atoms with Gasteiger partial charge in [0, 0.05) is 29.1 Å². The number of rotatable bonds is 5. The van der Waals surface area contributed by atoms with Crippen LogP contribution in [0.15, 0.2) is 11.5 Å². The summed E-state index contributed by atoms with van der Waals surface area (Å²) in [6.07, 6.45) is 8.41. The molecule has 2 aliphatic rings.